The molecule has 0 unspecified atom stereocenters. The topological polar surface area (TPSA) is 56.1 Å². The second kappa shape index (κ2) is 8.24. The monoisotopic (exact) mass is 491 g/mol. The molecule has 0 bridgehead atoms. The third kappa shape index (κ3) is 3.48. The van der Waals surface area contributed by atoms with Crippen LogP contribution in [-0.4, -0.2) is 22.1 Å². The zero-order valence-electron chi connectivity index (χ0n) is 17.2. The molecule has 0 fully saturated rings. The van der Waals surface area contributed by atoms with Gasteiger partial charge in [-0.3, -0.25) is 4.57 Å². The molecule has 1 N–H and O–H groups in total. The molecule has 1 atom stereocenters. The summed E-state index contributed by atoms with van der Waals surface area (Å²) in [6.07, 6.45) is 0. The van der Waals surface area contributed by atoms with Crippen LogP contribution < -0.4 is 5.32 Å². The highest BCUT2D eigenvalue weighted by Crippen LogP contribution is 2.42. The first-order chi connectivity index (χ1) is 15.6. The molecule has 5 rings (SSSR count). The van der Waals surface area contributed by atoms with E-state index in [2.05, 4.69) is 21.2 Å². The molecule has 5 nitrogen and oxygen atoms in total. The lowest BCUT2D eigenvalue weighted by molar-refractivity contribution is -0.138. The number of carbonyl (C=O) groups excluding carboxylic acids is 1. The van der Waals surface area contributed by atoms with E-state index >= 15 is 0 Å². The van der Waals surface area contributed by atoms with Crippen molar-refractivity contribution in [2.24, 2.45) is 0 Å². The average molecular weight is 492 g/mol. The summed E-state index contributed by atoms with van der Waals surface area (Å²) in [6, 6.07) is 21.1. The summed E-state index contributed by atoms with van der Waals surface area (Å²) in [5.41, 5.74) is 4.25. The van der Waals surface area contributed by atoms with Gasteiger partial charge in [-0.15, -0.1) is 0 Å². The van der Waals surface area contributed by atoms with Crippen molar-refractivity contribution in [3.8, 4) is 0 Å². The Morgan fingerprint density at radius 1 is 1.12 bits per heavy atom. The molecule has 0 saturated heterocycles. The molecule has 1 aromatic heterocycles. The van der Waals surface area contributed by atoms with Crippen molar-refractivity contribution < 1.29 is 13.9 Å². The summed E-state index contributed by atoms with van der Waals surface area (Å²) < 4.78 is 22.0. The van der Waals surface area contributed by atoms with E-state index in [0.29, 0.717) is 22.8 Å². The second-order valence-corrected chi connectivity index (χ2v) is 8.31. The molecule has 0 radical (unpaired) electrons. The van der Waals surface area contributed by atoms with Gasteiger partial charge in [0.1, 0.15) is 5.82 Å². The van der Waals surface area contributed by atoms with Gasteiger partial charge in [0, 0.05) is 4.47 Å². The van der Waals surface area contributed by atoms with E-state index in [0.717, 1.165) is 21.1 Å². The molecular weight excluding hydrogens is 473 g/mol. The van der Waals surface area contributed by atoms with E-state index in [4.69, 9.17) is 9.72 Å². The number of nitrogens with one attached hydrogen (secondary N) is 1. The number of hydrogen-bond donors (Lipinski definition) is 1. The third-order valence-corrected chi connectivity index (χ3v) is 5.92. The predicted octanol–water partition coefficient (Wildman–Crippen LogP) is 5.93. The van der Waals surface area contributed by atoms with Gasteiger partial charge >= 0.3 is 5.97 Å². The quantitative estimate of drug-likeness (QED) is 0.359. The fourth-order valence-electron chi connectivity index (χ4n) is 4.10. The van der Waals surface area contributed by atoms with Crippen LogP contribution in [0, 0.1) is 5.82 Å². The van der Waals surface area contributed by atoms with Gasteiger partial charge in [0.2, 0.25) is 5.95 Å². The van der Waals surface area contributed by atoms with Crippen molar-refractivity contribution >= 4 is 44.6 Å². The minimum atomic E-state index is -0.491. The van der Waals surface area contributed by atoms with Gasteiger partial charge in [0.15, 0.2) is 0 Å². The van der Waals surface area contributed by atoms with Crippen LogP contribution in [0.25, 0.3) is 16.7 Å². The van der Waals surface area contributed by atoms with Gasteiger partial charge < -0.3 is 10.1 Å². The van der Waals surface area contributed by atoms with E-state index in [-0.39, 0.29) is 12.4 Å². The van der Waals surface area contributed by atoms with Crippen molar-refractivity contribution in [1.82, 2.24) is 9.55 Å². The number of para-hydroxylation sites is 2. The number of aromatic nitrogens is 2. The number of benzene rings is 3. The number of imidazole rings is 1. The maximum atomic E-state index is 13.6. The first-order valence-electron chi connectivity index (χ1n) is 10.2. The molecule has 4 aromatic rings. The number of fused-ring (bicyclic) bond motifs is 3. The molecule has 0 saturated carbocycles. The molecule has 2 heterocycles. The maximum absolute atomic E-state index is 13.6. The number of esters is 1. The molecule has 7 heteroatoms. The zero-order chi connectivity index (χ0) is 22.2. The summed E-state index contributed by atoms with van der Waals surface area (Å²) in [5.74, 6) is -0.185. The van der Waals surface area contributed by atoms with Crippen molar-refractivity contribution in [3.63, 3.8) is 0 Å². The lowest BCUT2D eigenvalue weighted by atomic mass is 9.92. The standard InChI is InChI=1S/C25H19BrFN3O2/c1-2-32-24(31)21-22(15-10-12-18(27)13-11-15)29-25-28-19-8-3-4-9-20(19)30(25)23(21)16-6-5-7-17(26)14-16/h3-14,23H,2H2,1H3,(H,28,29)/t23-/m0/s1. The summed E-state index contributed by atoms with van der Waals surface area (Å²) in [7, 11) is 0. The van der Waals surface area contributed by atoms with Crippen LogP contribution >= 0.6 is 15.9 Å². The Balaban J connectivity index is 1.83. The Morgan fingerprint density at radius 3 is 2.66 bits per heavy atom. The molecular formula is C25H19BrFN3O2. The van der Waals surface area contributed by atoms with E-state index < -0.39 is 12.0 Å². The van der Waals surface area contributed by atoms with Crippen molar-refractivity contribution in [1.29, 1.82) is 0 Å². The van der Waals surface area contributed by atoms with Gasteiger partial charge in [-0.1, -0.05) is 40.2 Å². The molecule has 160 valence electrons. The van der Waals surface area contributed by atoms with E-state index in [1.807, 2.05) is 53.1 Å². The normalized spacial score (nSPS) is 15.4. The second-order valence-electron chi connectivity index (χ2n) is 7.39. The number of carbonyl (C=O) groups is 1. The minimum Gasteiger partial charge on any atom is -0.463 e. The third-order valence-electron chi connectivity index (χ3n) is 5.43. The van der Waals surface area contributed by atoms with Crippen molar-refractivity contribution in [3.05, 3.63) is 99.8 Å². The Morgan fingerprint density at radius 2 is 1.91 bits per heavy atom. The number of anilines is 1. The van der Waals surface area contributed by atoms with Gasteiger partial charge in [-0.25, -0.2) is 14.2 Å². The smallest absolute Gasteiger partial charge is 0.338 e. The largest absolute Gasteiger partial charge is 0.463 e. The Bertz CT molecular complexity index is 1360. The number of nitrogens with zero attached hydrogens (tertiary/aromatic N) is 2. The van der Waals surface area contributed by atoms with Gasteiger partial charge in [0.05, 0.1) is 35.0 Å². The van der Waals surface area contributed by atoms with Gasteiger partial charge in [-0.2, -0.15) is 0 Å². The van der Waals surface area contributed by atoms with Crippen LogP contribution in [0.3, 0.4) is 0 Å². The summed E-state index contributed by atoms with van der Waals surface area (Å²) >= 11 is 3.55. The Hall–Kier alpha value is -3.45. The average Bonchev–Trinajstić information content (AvgIpc) is 3.17. The highest BCUT2D eigenvalue weighted by molar-refractivity contribution is 9.10. The number of halogens is 2. The molecule has 3 aromatic carbocycles. The lowest BCUT2D eigenvalue weighted by Gasteiger charge is -2.31. The summed E-state index contributed by atoms with van der Waals surface area (Å²) in [5, 5.41) is 3.32. The van der Waals surface area contributed by atoms with E-state index in [1.165, 1.54) is 12.1 Å². The van der Waals surface area contributed by atoms with Crippen molar-refractivity contribution in [2.75, 3.05) is 11.9 Å². The number of ether oxygens (including phenoxy) is 1. The van der Waals surface area contributed by atoms with Crippen LogP contribution in [-0.2, 0) is 9.53 Å². The summed E-state index contributed by atoms with van der Waals surface area (Å²) in [4.78, 5) is 18.1. The lowest BCUT2D eigenvalue weighted by Crippen LogP contribution is -2.29. The highest BCUT2D eigenvalue weighted by atomic mass is 79.9. The fourth-order valence-corrected chi connectivity index (χ4v) is 4.52. The predicted molar refractivity (Wildman–Crippen MR) is 126 cm³/mol. The molecule has 0 spiro atoms. The fraction of sp³-hybridized carbons (Fsp3) is 0.120. The maximum Gasteiger partial charge on any atom is 0.338 e. The highest BCUT2D eigenvalue weighted by Gasteiger charge is 2.36. The van der Waals surface area contributed by atoms with Gasteiger partial charge in [-0.05, 0) is 66.6 Å². The summed E-state index contributed by atoms with van der Waals surface area (Å²) in [6.45, 7) is 2.01. The number of hydrogen-bond acceptors (Lipinski definition) is 4. The van der Waals surface area contributed by atoms with Gasteiger partial charge in [0.25, 0.3) is 0 Å². The zero-order valence-corrected chi connectivity index (χ0v) is 18.8. The Kier molecular flexibility index (Phi) is 5.27. The minimum absolute atomic E-state index is 0.238. The van der Waals surface area contributed by atoms with E-state index in [1.54, 1.807) is 19.1 Å². The molecule has 32 heavy (non-hydrogen) atoms. The van der Waals surface area contributed by atoms with Crippen LogP contribution in [0.15, 0.2) is 82.8 Å². The number of rotatable bonds is 4. The molecule has 0 aliphatic carbocycles. The van der Waals surface area contributed by atoms with E-state index in [9.17, 15) is 9.18 Å². The van der Waals surface area contributed by atoms with Crippen LogP contribution in [0.5, 0.6) is 0 Å². The Labute approximate surface area is 192 Å². The first kappa shape index (κ1) is 20.5. The van der Waals surface area contributed by atoms with Crippen molar-refractivity contribution in [2.45, 2.75) is 13.0 Å². The van der Waals surface area contributed by atoms with Crippen LogP contribution in [0.2, 0.25) is 0 Å². The molecule has 0 amide bonds. The molecule has 1 aliphatic rings. The SMILES string of the molecule is CCOC(=O)C1=C(c2ccc(F)cc2)Nc2nc3ccccc3n2[C@H]1c1cccc(Br)c1. The first-order valence-corrected chi connectivity index (χ1v) is 11.0. The molecule has 1 aliphatic heterocycles. The van der Waals surface area contributed by atoms with Crippen LogP contribution in [0.4, 0.5) is 10.3 Å². The van der Waals surface area contributed by atoms with Crippen LogP contribution in [0.1, 0.15) is 24.1 Å².